The zero-order valence-corrected chi connectivity index (χ0v) is 19.3. The number of carbonyl (C=O) groups is 2. The first-order valence-electron chi connectivity index (χ1n) is 11.5. The van der Waals surface area contributed by atoms with Gasteiger partial charge in [-0.25, -0.2) is 4.90 Å². The first-order valence-corrected chi connectivity index (χ1v) is 11.5. The maximum Gasteiger partial charge on any atom is 0.282 e. The molecule has 0 aliphatic carbocycles. The standard InChI is InChI=1S/C28H29N3O2/c1-4-20-12-14-22(15-13-20)29-26-25(21-10-8-7-9-11-21)27(32)31(28(26)33)24-18-16-23(17-19-24)30(5-2)6-3/h7-19,29H,4-6H2,1-3H3. The molecule has 0 fully saturated rings. The van der Waals surface area contributed by atoms with Crippen molar-refractivity contribution in [2.75, 3.05) is 28.2 Å². The van der Waals surface area contributed by atoms with E-state index in [1.807, 2.05) is 78.9 Å². The van der Waals surface area contributed by atoms with Gasteiger partial charge in [0.15, 0.2) is 0 Å². The number of hydrogen-bond donors (Lipinski definition) is 1. The van der Waals surface area contributed by atoms with E-state index in [2.05, 4.69) is 31.0 Å². The maximum atomic E-state index is 13.5. The van der Waals surface area contributed by atoms with E-state index < -0.39 is 0 Å². The molecule has 0 radical (unpaired) electrons. The predicted molar refractivity (Wildman–Crippen MR) is 135 cm³/mol. The van der Waals surface area contributed by atoms with E-state index in [-0.39, 0.29) is 11.8 Å². The van der Waals surface area contributed by atoms with Crippen LogP contribution in [-0.4, -0.2) is 24.9 Å². The molecule has 0 spiro atoms. The first kappa shape index (κ1) is 22.3. The van der Waals surface area contributed by atoms with Crippen LogP contribution >= 0.6 is 0 Å². The van der Waals surface area contributed by atoms with Gasteiger partial charge in [0.25, 0.3) is 11.8 Å². The third-order valence-electron chi connectivity index (χ3n) is 6.01. The van der Waals surface area contributed by atoms with Gasteiger partial charge in [-0.1, -0.05) is 49.4 Å². The number of hydrogen-bond acceptors (Lipinski definition) is 4. The van der Waals surface area contributed by atoms with E-state index in [9.17, 15) is 9.59 Å². The Hall–Kier alpha value is -3.86. The zero-order valence-electron chi connectivity index (χ0n) is 19.3. The molecule has 1 heterocycles. The highest BCUT2D eigenvalue weighted by Gasteiger charge is 2.40. The lowest BCUT2D eigenvalue weighted by Crippen LogP contribution is -2.32. The summed E-state index contributed by atoms with van der Waals surface area (Å²) in [5.74, 6) is -0.677. The molecule has 2 amide bonds. The van der Waals surface area contributed by atoms with Gasteiger partial charge in [0, 0.05) is 24.5 Å². The molecule has 4 rings (SSSR count). The lowest BCUT2D eigenvalue weighted by Gasteiger charge is -2.22. The smallest absolute Gasteiger partial charge is 0.282 e. The number of amides is 2. The number of nitrogens with one attached hydrogen (secondary N) is 1. The minimum Gasteiger partial charge on any atom is -0.372 e. The number of benzene rings is 3. The van der Waals surface area contributed by atoms with Crippen LogP contribution in [0.4, 0.5) is 17.1 Å². The zero-order chi connectivity index (χ0) is 23.4. The molecule has 0 bridgehead atoms. The number of anilines is 3. The van der Waals surface area contributed by atoms with E-state index in [1.54, 1.807) is 0 Å². The predicted octanol–water partition coefficient (Wildman–Crippen LogP) is 5.49. The first-order chi connectivity index (χ1) is 16.1. The van der Waals surface area contributed by atoms with Crippen LogP contribution in [0.3, 0.4) is 0 Å². The van der Waals surface area contributed by atoms with Crippen molar-refractivity contribution in [3.05, 3.63) is 95.7 Å². The van der Waals surface area contributed by atoms with Crippen LogP contribution in [0.15, 0.2) is 84.6 Å². The Morgan fingerprint density at radius 3 is 1.97 bits per heavy atom. The molecule has 5 nitrogen and oxygen atoms in total. The van der Waals surface area contributed by atoms with Gasteiger partial charge in [0.2, 0.25) is 0 Å². The fraction of sp³-hybridized carbons (Fsp3) is 0.214. The largest absolute Gasteiger partial charge is 0.372 e. The summed E-state index contributed by atoms with van der Waals surface area (Å²) in [6.07, 6.45) is 0.937. The third kappa shape index (κ3) is 4.40. The quantitative estimate of drug-likeness (QED) is 0.472. The fourth-order valence-electron chi connectivity index (χ4n) is 4.12. The molecule has 1 N–H and O–H groups in total. The summed E-state index contributed by atoms with van der Waals surface area (Å²) in [5.41, 5.74) is 5.00. The van der Waals surface area contributed by atoms with Crippen LogP contribution in [0.2, 0.25) is 0 Å². The Labute approximate surface area is 195 Å². The van der Waals surface area contributed by atoms with Crippen molar-refractivity contribution in [2.24, 2.45) is 0 Å². The molecular formula is C28H29N3O2. The van der Waals surface area contributed by atoms with Crippen LogP contribution in [-0.2, 0) is 16.0 Å². The molecule has 3 aromatic carbocycles. The molecule has 0 saturated heterocycles. The van der Waals surface area contributed by atoms with Crippen molar-refractivity contribution in [1.29, 1.82) is 0 Å². The van der Waals surface area contributed by atoms with Gasteiger partial charge in [-0.05, 0) is 67.8 Å². The van der Waals surface area contributed by atoms with E-state index >= 15 is 0 Å². The summed E-state index contributed by atoms with van der Waals surface area (Å²) in [6, 6.07) is 24.9. The second-order valence-corrected chi connectivity index (χ2v) is 7.93. The van der Waals surface area contributed by atoms with Crippen molar-refractivity contribution in [3.8, 4) is 0 Å². The van der Waals surface area contributed by atoms with Crippen LogP contribution in [0.5, 0.6) is 0 Å². The summed E-state index contributed by atoms with van der Waals surface area (Å²) < 4.78 is 0. The topological polar surface area (TPSA) is 52.7 Å². The van der Waals surface area contributed by atoms with Crippen LogP contribution < -0.4 is 15.1 Å². The summed E-state index contributed by atoms with van der Waals surface area (Å²) >= 11 is 0. The van der Waals surface area contributed by atoms with Crippen molar-refractivity contribution in [1.82, 2.24) is 0 Å². The fourth-order valence-corrected chi connectivity index (χ4v) is 4.12. The van der Waals surface area contributed by atoms with E-state index in [1.165, 1.54) is 10.5 Å². The van der Waals surface area contributed by atoms with Gasteiger partial charge >= 0.3 is 0 Å². The average molecular weight is 440 g/mol. The monoisotopic (exact) mass is 439 g/mol. The molecule has 0 atom stereocenters. The van der Waals surface area contributed by atoms with Gasteiger partial charge in [-0.15, -0.1) is 0 Å². The Bertz CT molecular complexity index is 1160. The molecule has 0 saturated carbocycles. The summed E-state index contributed by atoms with van der Waals surface area (Å²) in [6.45, 7) is 8.09. The second kappa shape index (κ2) is 9.74. The third-order valence-corrected chi connectivity index (χ3v) is 6.01. The van der Waals surface area contributed by atoms with Gasteiger partial charge in [0.05, 0.1) is 11.3 Å². The molecule has 1 aliphatic rings. The van der Waals surface area contributed by atoms with Crippen molar-refractivity contribution < 1.29 is 9.59 Å². The van der Waals surface area contributed by atoms with Gasteiger partial charge in [-0.3, -0.25) is 9.59 Å². The Kier molecular flexibility index (Phi) is 6.59. The van der Waals surface area contributed by atoms with Crippen LogP contribution in [0.1, 0.15) is 31.9 Å². The van der Waals surface area contributed by atoms with Crippen LogP contribution in [0, 0.1) is 0 Å². The van der Waals surface area contributed by atoms with Crippen molar-refractivity contribution in [2.45, 2.75) is 27.2 Å². The van der Waals surface area contributed by atoms with Gasteiger partial charge in [-0.2, -0.15) is 0 Å². The lowest BCUT2D eigenvalue weighted by molar-refractivity contribution is -0.120. The number of aryl methyl sites for hydroxylation is 1. The Morgan fingerprint density at radius 1 is 0.758 bits per heavy atom. The summed E-state index contributed by atoms with van der Waals surface area (Å²) in [7, 11) is 0. The lowest BCUT2D eigenvalue weighted by atomic mass is 10.0. The Morgan fingerprint density at radius 2 is 1.39 bits per heavy atom. The minimum atomic E-state index is -0.353. The van der Waals surface area contributed by atoms with E-state index in [0.29, 0.717) is 22.5 Å². The number of rotatable bonds is 8. The highest BCUT2D eigenvalue weighted by Crippen LogP contribution is 2.34. The molecule has 33 heavy (non-hydrogen) atoms. The summed E-state index contributed by atoms with van der Waals surface area (Å²) in [4.78, 5) is 30.6. The summed E-state index contributed by atoms with van der Waals surface area (Å²) in [5, 5.41) is 3.23. The van der Waals surface area contributed by atoms with Crippen LogP contribution in [0.25, 0.3) is 5.57 Å². The molecule has 0 aromatic heterocycles. The van der Waals surface area contributed by atoms with Gasteiger partial charge in [0.1, 0.15) is 5.70 Å². The molecule has 0 unspecified atom stereocenters. The Balaban J connectivity index is 1.71. The molecule has 1 aliphatic heterocycles. The number of imide groups is 1. The molecule has 5 heteroatoms. The normalized spacial score (nSPS) is 13.6. The average Bonchev–Trinajstić information content (AvgIpc) is 3.10. The molecular weight excluding hydrogens is 410 g/mol. The number of carbonyl (C=O) groups excluding carboxylic acids is 2. The number of nitrogens with zero attached hydrogens (tertiary/aromatic N) is 2. The van der Waals surface area contributed by atoms with Gasteiger partial charge < -0.3 is 10.2 Å². The SMILES string of the molecule is CCc1ccc(NC2=C(c3ccccc3)C(=O)N(c3ccc(N(CC)CC)cc3)C2=O)cc1. The highest BCUT2D eigenvalue weighted by molar-refractivity contribution is 6.46. The minimum absolute atomic E-state index is 0.295. The molecule has 3 aromatic rings. The van der Waals surface area contributed by atoms with E-state index in [4.69, 9.17) is 0 Å². The highest BCUT2D eigenvalue weighted by atomic mass is 16.2. The maximum absolute atomic E-state index is 13.5. The molecule has 168 valence electrons. The van der Waals surface area contributed by atoms with Crippen molar-refractivity contribution in [3.63, 3.8) is 0 Å². The second-order valence-electron chi connectivity index (χ2n) is 7.93. The van der Waals surface area contributed by atoms with Crippen molar-refractivity contribution >= 4 is 34.4 Å². The van der Waals surface area contributed by atoms with E-state index in [0.717, 1.165) is 30.9 Å².